The summed E-state index contributed by atoms with van der Waals surface area (Å²) in [6.45, 7) is 3.12. The molecule has 0 saturated carbocycles. The molecule has 2 N–H and O–H groups in total. The number of unbranched alkanes of at least 4 members (excludes halogenated alkanes) is 3. The number of nitrogens with zero attached hydrogens (tertiary/aromatic N) is 1. The highest BCUT2D eigenvalue weighted by Gasteiger charge is 2.10. The Labute approximate surface area is 126 Å². The van der Waals surface area contributed by atoms with Crippen molar-refractivity contribution in [3.8, 4) is 0 Å². The topological polar surface area (TPSA) is 48.8 Å². The van der Waals surface area contributed by atoms with Crippen LogP contribution in [0.1, 0.15) is 43.7 Å². The summed E-state index contributed by atoms with van der Waals surface area (Å²) in [5, 5.41) is 11.7. The monoisotopic (exact) mass is 281 g/mol. The molecule has 21 heavy (non-hydrogen) atoms. The van der Waals surface area contributed by atoms with E-state index in [-0.39, 0.29) is 0 Å². The highest BCUT2D eigenvalue weighted by molar-refractivity contribution is 6.13. The van der Waals surface area contributed by atoms with Crippen molar-refractivity contribution in [1.29, 1.82) is 5.41 Å². The van der Waals surface area contributed by atoms with Gasteiger partial charge in [0, 0.05) is 23.9 Å². The van der Waals surface area contributed by atoms with Crippen LogP contribution in [0.2, 0.25) is 0 Å². The Morgan fingerprint density at radius 2 is 1.86 bits per heavy atom. The number of nitrogens with one attached hydrogen (secondary N) is 2. The Hall–Kier alpha value is -2.16. The summed E-state index contributed by atoms with van der Waals surface area (Å²) in [5.41, 5.74) is 2.29. The minimum absolute atomic E-state index is 0.514. The van der Waals surface area contributed by atoms with Gasteiger partial charge in [-0.05, 0) is 18.6 Å². The number of aromatic nitrogens is 1. The van der Waals surface area contributed by atoms with E-state index in [9.17, 15) is 0 Å². The fraction of sp³-hybridized carbons (Fsp3) is 0.333. The molecule has 0 bridgehead atoms. The molecule has 0 radical (unpaired) electrons. The lowest BCUT2D eigenvalue weighted by atomic mass is 10.0. The first kappa shape index (κ1) is 15.2. The lowest BCUT2D eigenvalue weighted by Crippen LogP contribution is -2.10. The zero-order chi connectivity index (χ0) is 14.9. The van der Waals surface area contributed by atoms with Crippen molar-refractivity contribution in [2.24, 2.45) is 0 Å². The van der Waals surface area contributed by atoms with Gasteiger partial charge in [0.15, 0.2) is 0 Å². The zero-order valence-corrected chi connectivity index (χ0v) is 12.6. The lowest BCUT2D eigenvalue weighted by molar-refractivity contribution is 0.684. The van der Waals surface area contributed by atoms with Gasteiger partial charge in [0.05, 0.1) is 5.71 Å². The largest absolute Gasteiger partial charge is 0.370 e. The molecule has 110 valence electrons. The van der Waals surface area contributed by atoms with Gasteiger partial charge in [-0.1, -0.05) is 56.5 Å². The lowest BCUT2D eigenvalue weighted by Gasteiger charge is -2.11. The van der Waals surface area contributed by atoms with E-state index in [0.29, 0.717) is 5.71 Å². The van der Waals surface area contributed by atoms with Crippen LogP contribution in [0.4, 0.5) is 5.82 Å². The van der Waals surface area contributed by atoms with E-state index >= 15 is 0 Å². The van der Waals surface area contributed by atoms with Gasteiger partial charge in [-0.15, -0.1) is 0 Å². The fourth-order valence-electron chi connectivity index (χ4n) is 2.27. The second-order valence-electron chi connectivity index (χ2n) is 5.13. The van der Waals surface area contributed by atoms with E-state index in [4.69, 9.17) is 5.41 Å². The van der Waals surface area contributed by atoms with Gasteiger partial charge in [-0.2, -0.15) is 0 Å². The van der Waals surface area contributed by atoms with E-state index < -0.39 is 0 Å². The Morgan fingerprint density at radius 3 is 2.62 bits per heavy atom. The Morgan fingerprint density at radius 1 is 1.05 bits per heavy atom. The predicted molar refractivity (Wildman–Crippen MR) is 89.2 cm³/mol. The molecule has 1 aromatic heterocycles. The molecule has 0 aliphatic carbocycles. The molecule has 0 unspecified atom stereocenters. The molecular formula is C18H23N3. The predicted octanol–water partition coefficient (Wildman–Crippen LogP) is 4.49. The van der Waals surface area contributed by atoms with Crippen molar-refractivity contribution in [1.82, 2.24) is 4.98 Å². The minimum atomic E-state index is 0.514. The van der Waals surface area contributed by atoms with Crippen molar-refractivity contribution in [2.45, 2.75) is 32.6 Å². The van der Waals surface area contributed by atoms with Crippen molar-refractivity contribution in [3.63, 3.8) is 0 Å². The first-order chi connectivity index (χ1) is 10.3. The van der Waals surface area contributed by atoms with Gasteiger partial charge >= 0.3 is 0 Å². The highest BCUT2D eigenvalue weighted by Crippen LogP contribution is 2.17. The summed E-state index contributed by atoms with van der Waals surface area (Å²) in [6.07, 6.45) is 6.67. The minimum Gasteiger partial charge on any atom is -0.370 e. The number of hydrogen-bond donors (Lipinski definition) is 2. The third kappa shape index (κ3) is 4.42. The first-order valence-electron chi connectivity index (χ1n) is 7.66. The van der Waals surface area contributed by atoms with Crippen LogP contribution in [0, 0.1) is 5.41 Å². The number of anilines is 1. The summed E-state index contributed by atoms with van der Waals surface area (Å²) < 4.78 is 0. The van der Waals surface area contributed by atoms with Crippen LogP contribution in [0.15, 0.2) is 48.7 Å². The van der Waals surface area contributed by atoms with Gasteiger partial charge in [0.1, 0.15) is 5.82 Å². The Kier molecular flexibility index (Phi) is 5.95. The molecule has 0 amide bonds. The summed E-state index contributed by atoms with van der Waals surface area (Å²) >= 11 is 0. The van der Waals surface area contributed by atoms with Crippen LogP contribution >= 0.6 is 0 Å². The first-order valence-corrected chi connectivity index (χ1v) is 7.66. The molecule has 0 saturated heterocycles. The third-order valence-electron chi connectivity index (χ3n) is 3.46. The molecule has 2 rings (SSSR count). The molecular weight excluding hydrogens is 258 g/mol. The van der Waals surface area contributed by atoms with E-state index in [1.807, 2.05) is 42.5 Å². The molecule has 3 nitrogen and oxygen atoms in total. The molecule has 1 heterocycles. The van der Waals surface area contributed by atoms with Gasteiger partial charge in [-0.3, -0.25) is 5.41 Å². The number of rotatable bonds is 8. The summed E-state index contributed by atoms with van der Waals surface area (Å²) in [4.78, 5) is 4.39. The fourth-order valence-corrected chi connectivity index (χ4v) is 2.27. The maximum absolute atomic E-state index is 8.38. The SMILES string of the molecule is CCCCCCNc1ncccc1C(=N)c1ccccc1. The molecule has 2 aromatic rings. The van der Waals surface area contributed by atoms with E-state index in [0.717, 1.165) is 29.9 Å². The van der Waals surface area contributed by atoms with Crippen molar-refractivity contribution >= 4 is 11.5 Å². The summed E-state index contributed by atoms with van der Waals surface area (Å²) in [5.74, 6) is 0.808. The van der Waals surface area contributed by atoms with Crippen LogP contribution in [0.25, 0.3) is 0 Å². The van der Waals surface area contributed by atoms with Crippen LogP contribution in [0.5, 0.6) is 0 Å². The number of benzene rings is 1. The molecule has 0 aliphatic rings. The maximum Gasteiger partial charge on any atom is 0.135 e. The molecule has 0 aliphatic heterocycles. The van der Waals surface area contributed by atoms with E-state index in [1.54, 1.807) is 6.20 Å². The average molecular weight is 281 g/mol. The quantitative estimate of drug-likeness (QED) is 0.553. The van der Waals surface area contributed by atoms with Gasteiger partial charge in [0.2, 0.25) is 0 Å². The molecule has 0 atom stereocenters. The zero-order valence-electron chi connectivity index (χ0n) is 12.6. The van der Waals surface area contributed by atoms with Crippen molar-refractivity contribution in [3.05, 3.63) is 59.8 Å². The third-order valence-corrected chi connectivity index (χ3v) is 3.46. The molecule has 0 fully saturated rings. The molecule has 1 aromatic carbocycles. The van der Waals surface area contributed by atoms with Crippen molar-refractivity contribution in [2.75, 3.05) is 11.9 Å². The summed E-state index contributed by atoms with van der Waals surface area (Å²) in [6, 6.07) is 13.6. The van der Waals surface area contributed by atoms with Crippen LogP contribution < -0.4 is 5.32 Å². The second-order valence-corrected chi connectivity index (χ2v) is 5.13. The average Bonchev–Trinajstić information content (AvgIpc) is 2.55. The summed E-state index contributed by atoms with van der Waals surface area (Å²) in [7, 11) is 0. The van der Waals surface area contributed by atoms with E-state index in [1.165, 1.54) is 19.3 Å². The smallest absolute Gasteiger partial charge is 0.135 e. The standard InChI is InChI=1S/C18H23N3/c1-2-3-4-8-13-20-18-16(12-9-14-21-18)17(19)15-10-6-5-7-11-15/h5-7,9-12,14,19H,2-4,8,13H2,1H3,(H,20,21). The highest BCUT2D eigenvalue weighted by atomic mass is 15.0. The molecule has 3 heteroatoms. The van der Waals surface area contributed by atoms with E-state index in [2.05, 4.69) is 17.2 Å². The Balaban J connectivity index is 2.05. The number of hydrogen-bond acceptors (Lipinski definition) is 3. The molecule has 0 spiro atoms. The van der Waals surface area contributed by atoms with Gasteiger partial charge in [0.25, 0.3) is 0 Å². The second kappa shape index (κ2) is 8.20. The maximum atomic E-state index is 8.38. The van der Waals surface area contributed by atoms with Crippen LogP contribution in [0.3, 0.4) is 0 Å². The van der Waals surface area contributed by atoms with Crippen molar-refractivity contribution < 1.29 is 0 Å². The Bertz CT molecular complexity index is 564. The number of pyridine rings is 1. The van der Waals surface area contributed by atoms with Gasteiger partial charge in [-0.25, -0.2) is 4.98 Å². The normalized spacial score (nSPS) is 10.3. The van der Waals surface area contributed by atoms with Gasteiger partial charge < -0.3 is 5.32 Å². The van der Waals surface area contributed by atoms with Crippen LogP contribution in [-0.4, -0.2) is 17.2 Å². The van der Waals surface area contributed by atoms with Crippen LogP contribution in [-0.2, 0) is 0 Å².